The molecule has 5 heteroatoms. The van der Waals surface area contributed by atoms with Gasteiger partial charge >= 0.3 is 6.18 Å². The van der Waals surface area contributed by atoms with E-state index in [2.05, 4.69) is 30.1 Å². The summed E-state index contributed by atoms with van der Waals surface area (Å²) in [5.74, 6) is 0. The molecular weight excluding hydrogens is 383 g/mol. The number of nitrogens with zero attached hydrogens (tertiary/aromatic N) is 1. The molecule has 1 aliphatic rings. The normalized spacial score (nSPS) is 14.6. The fourth-order valence-electron chi connectivity index (χ4n) is 3.59. The van der Waals surface area contributed by atoms with E-state index in [1.54, 1.807) is 0 Å². The first kappa shape index (κ1) is 22.5. The molecule has 2 aromatic carbocycles. The number of likely N-dealkylation sites (N-methyl/N-ethyl adjacent to an activating group) is 1. The summed E-state index contributed by atoms with van der Waals surface area (Å²) in [5, 5.41) is 0. The topological polar surface area (TPSA) is 3.24 Å². The molecule has 0 N–H and O–H groups in total. The van der Waals surface area contributed by atoms with Gasteiger partial charge in [-0.2, -0.15) is 13.2 Å². The van der Waals surface area contributed by atoms with E-state index >= 15 is 0 Å². The highest BCUT2D eigenvalue weighted by atomic mass is 35.5. The molecule has 0 atom stereocenters. The van der Waals surface area contributed by atoms with Gasteiger partial charge in [0.05, 0.1) is 5.56 Å². The predicted octanol–water partition coefficient (Wildman–Crippen LogP) is 6.54. The van der Waals surface area contributed by atoms with Crippen LogP contribution in [0.4, 0.5) is 13.2 Å². The van der Waals surface area contributed by atoms with E-state index in [0.717, 1.165) is 30.8 Å². The van der Waals surface area contributed by atoms with Gasteiger partial charge in [0.25, 0.3) is 0 Å². The lowest BCUT2D eigenvalue weighted by Gasteiger charge is -2.16. The molecule has 0 aromatic heterocycles. The molecule has 0 unspecified atom stereocenters. The summed E-state index contributed by atoms with van der Waals surface area (Å²) in [6.45, 7) is 1.61. The molecule has 0 bridgehead atoms. The molecule has 0 saturated carbocycles. The summed E-state index contributed by atoms with van der Waals surface area (Å²) < 4.78 is 37.8. The van der Waals surface area contributed by atoms with Crippen LogP contribution >= 0.6 is 12.4 Å². The lowest BCUT2D eigenvalue weighted by molar-refractivity contribution is -0.137. The van der Waals surface area contributed by atoms with Crippen LogP contribution in [0.1, 0.15) is 47.1 Å². The van der Waals surface area contributed by atoms with Crippen LogP contribution in [0.25, 0.3) is 6.08 Å². The maximum Gasteiger partial charge on any atom is 0.416 e. The second kappa shape index (κ2) is 10.1. The third-order valence-corrected chi connectivity index (χ3v) is 5.08. The first-order chi connectivity index (χ1) is 12.9. The third-order valence-electron chi connectivity index (χ3n) is 5.08. The van der Waals surface area contributed by atoms with Crippen LogP contribution in [0.2, 0.25) is 0 Å². The summed E-state index contributed by atoms with van der Waals surface area (Å²) in [4.78, 5) is 2.21. The van der Waals surface area contributed by atoms with Crippen molar-refractivity contribution in [3.8, 4) is 0 Å². The first-order valence-electron chi connectivity index (χ1n) is 9.55. The average Bonchev–Trinajstić information content (AvgIpc) is 2.86. The molecule has 0 radical (unpaired) electrons. The van der Waals surface area contributed by atoms with Gasteiger partial charge in [-0.05, 0) is 67.1 Å². The summed E-state index contributed by atoms with van der Waals surface area (Å²) in [6, 6.07) is 12.1. The Kier molecular flexibility index (Phi) is 8.14. The molecule has 0 saturated heterocycles. The zero-order valence-corrected chi connectivity index (χ0v) is 17.0. The predicted molar refractivity (Wildman–Crippen MR) is 112 cm³/mol. The molecule has 0 aliphatic heterocycles. The highest BCUT2D eigenvalue weighted by Crippen LogP contribution is 2.29. The van der Waals surface area contributed by atoms with Crippen molar-refractivity contribution in [3.05, 3.63) is 76.4 Å². The Bertz CT molecular complexity index is 781. The second-order valence-corrected chi connectivity index (χ2v) is 7.38. The average molecular weight is 410 g/mol. The largest absolute Gasteiger partial charge is 0.416 e. The lowest BCUT2D eigenvalue weighted by Crippen LogP contribution is -2.17. The minimum Gasteiger partial charge on any atom is -0.298 e. The molecule has 0 amide bonds. The standard InChI is InChI=1S/C23H26F3N.ClH/c1-27(15-5-6-18-10-13-22(14-11-18)23(24,25)26)17-19-9-12-20-7-3-2-4-8-21(20)16-19;/h5-6,9-14,16H,2-4,7-8,15,17H2,1H3;1H/b6-5+;. The highest BCUT2D eigenvalue weighted by Gasteiger charge is 2.29. The fourth-order valence-corrected chi connectivity index (χ4v) is 3.59. The number of halogens is 4. The number of hydrogen-bond acceptors (Lipinski definition) is 1. The van der Waals surface area contributed by atoms with Crippen LogP contribution in [0, 0.1) is 0 Å². The van der Waals surface area contributed by atoms with Crippen molar-refractivity contribution < 1.29 is 13.2 Å². The van der Waals surface area contributed by atoms with Crippen LogP contribution in [-0.4, -0.2) is 18.5 Å². The molecule has 3 rings (SSSR count). The van der Waals surface area contributed by atoms with Gasteiger partial charge in [-0.1, -0.05) is 48.9 Å². The SMILES string of the molecule is CN(C/C=C/c1ccc(C(F)(F)F)cc1)Cc1ccc2c(c1)CCCCC2.Cl. The van der Waals surface area contributed by atoms with Crippen LogP contribution in [0.3, 0.4) is 0 Å². The van der Waals surface area contributed by atoms with Crippen molar-refractivity contribution in [2.75, 3.05) is 13.6 Å². The number of aryl methyl sites for hydroxylation is 2. The van der Waals surface area contributed by atoms with E-state index < -0.39 is 11.7 Å². The molecule has 28 heavy (non-hydrogen) atoms. The minimum atomic E-state index is -4.28. The van der Waals surface area contributed by atoms with Gasteiger partial charge in [0.1, 0.15) is 0 Å². The minimum absolute atomic E-state index is 0. The molecule has 152 valence electrons. The van der Waals surface area contributed by atoms with E-state index in [0.29, 0.717) is 0 Å². The fraction of sp³-hybridized carbons (Fsp3) is 0.391. The Morgan fingerprint density at radius 1 is 0.929 bits per heavy atom. The van der Waals surface area contributed by atoms with Gasteiger partial charge in [0, 0.05) is 13.1 Å². The highest BCUT2D eigenvalue weighted by molar-refractivity contribution is 5.85. The van der Waals surface area contributed by atoms with Gasteiger partial charge in [0.2, 0.25) is 0 Å². The second-order valence-electron chi connectivity index (χ2n) is 7.38. The van der Waals surface area contributed by atoms with Gasteiger partial charge < -0.3 is 0 Å². The number of rotatable bonds is 5. The van der Waals surface area contributed by atoms with Crippen molar-refractivity contribution in [1.29, 1.82) is 0 Å². The van der Waals surface area contributed by atoms with Crippen LogP contribution in [-0.2, 0) is 25.6 Å². The Balaban J connectivity index is 0.00000280. The Morgan fingerprint density at radius 2 is 1.61 bits per heavy atom. The number of benzene rings is 2. The molecule has 0 spiro atoms. The van der Waals surface area contributed by atoms with Crippen molar-refractivity contribution in [2.24, 2.45) is 0 Å². The smallest absolute Gasteiger partial charge is 0.298 e. The summed E-state index contributed by atoms with van der Waals surface area (Å²) >= 11 is 0. The molecule has 1 nitrogen and oxygen atoms in total. The summed E-state index contributed by atoms with van der Waals surface area (Å²) in [7, 11) is 2.06. The van der Waals surface area contributed by atoms with Gasteiger partial charge in [-0.3, -0.25) is 4.90 Å². The summed E-state index contributed by atoms with van der Waals surface area (Å²) in [5.41, 5.74) is 4.49. The molecular formula is C23H27ClF3N. The van der Waals surface area contributed by atoms with Crippen LogP contribution in [0.5, 0.6) is 0 Å². The maximum absolute atomic E-state index is 12.6. The van der Waals surface area contributed by atoms with Crippen molar-refractivity contribution in [2.45, 2.75) is 44.8 Å². The van der Waals surface area contributed by atoms with Crippen molar-refractivity contribution in [3.63, 3.8) is 0 Å². The van der Waals surface area contributed by atoms with E-state index in [1.165, 1.54) is 60.9 Å². The summed E-state index contributed by atoms with van der Waals surface area (Å²) in [6.07, 6.45) is 5.85. The number of hydrogen-bond donors (Lipinski definition) is 0. The molecule has 1 aliphatic carbocycles. The van der Waals surface area contributed by atoms with Gasteiger partial charge in [-0.25, -0.2) is 0 Å². The Hall–Kier alpha value is -1.78. The van der Waals surface area contributed by atoms with E-state index in [-0.39, 0.29) is 12.4 Å². The van der Waals surface area contributed by atoms with Crippen LogP contribution in [0.15, 0.2) is 48.5 Å². The quantitative estimate of drug-likeness (QED) is 0.506. The van der Waals surface area contributed by atoms with E-state index in [4.69, 9.17) is 0 Å². The van der Waals surface area contributed by atoms with Crippen molar-refractivity contribution in [1.82, 2.24) is 4.90 Å². The third kappa shape index (κ3) is 6.39. The van der Waals surface area contributed by atoms with Crippen LogP contribution < -0.4 is 0 Å². The van der Waals surface area contributed by atoms with Gasteiger partial charge in [-0.15, -0.1) is 12.4 Å². The monoisotopic (exact) mass is 409 g/mol. The van der Waals surface area contributed by atoms with E-state index in [1.807, 2.05) is 12.2 Å². The number of fused-ring (bicyclic) bond motifs is 1. The Labute approximate surface area is 171 Å². The maximum atomic E-state index is 12.6. The lowest BCUT2D eigenvalue weighted by atomic mass is 10.00. The molecule has 0 heterocycles. The first-order valence-corrected chi connectivity index (χ1v) is 9.55. The van der Waals surface area contributed by atoms with Gasteiger partial charge in [0.15, 0.2) is 0 Å². The van der Waals surface area contributed by atoms with Crippen molar-refractivity contribution >= 4 is 18.5 Å². The molecule has 0 fully saturated rings. The van der Waals surface area contributed by atoms with E-state index in [9.17, 15) is 13.2 Å². The Morgan fingerprint density at radius 3 is 2.29 bits per heavy atom. The zero-order chi connectivity index (χ0) is 19.3. The zero-order valence-electron chi connectivity index (χ0n) is 16.1. The number of alkyl halides is 3. The molecule has 2 aromatic rings.